The Bertz CT molecular complexity index is 340. The monoisotopic (exact) mass is 188 g/mol. The van der Waals surface area contributed by atoms with Crippen LogP contribution in [-0.4, -0.2) is 22.6 Å². The van der Waals surface area contributed by atoms with E-state index in [2.05, 4.69) is 5.92 Å². The summed E-state index contributed by atoms with van der Waals surface area (Å²) in [5.41, 5.74) is 0.810. The van der Waals surface area contributed by atoms with Crippen molar-refractivity contribution in [1.82, 2.24) is 4.90 Å². The van der Waals surface area contributed by atoms with Gasteiger partial charge in [-0.25, -0.2) is 4.79 Å². The van der Waals surface area contributed by atoms with Crippen LogP contribution in [0, 0.1) is 18.9 Å². The molecule has 1 rings (SSSR count). The van der Waals surface area contributed by atoms with Crippen LogP contribution in [0.2, 0.25) is 0 Å². The molecule has 1 radical (unpaired) electrons. The van der Waals surface area contributed by atoms with Gasteiger partial charge in [-0.2, -0.15) is 0 Å². The first kappa shape index (κ1) is 10.1. The van der Waals surface area contributed by atoms with Crippen molar-refractivity contribution in [1.29, 1.82) is 0 Å². The van der Waals surface area contributed by atoms with Gasteiger partial charge in [-0.05, 0) is 5.56 Å². The number of terminal acetylenes is 1. The second-order valence-electron chi connectivity index (χ2n) is 2.65. The summed E-state index contributed by atoms with van der Waals surface area (Å²) in [6.07, 6.45) is 4.00. The maximum atomic E-state index is 10.7. The van der Waals surface area contributed by atoms with Gasteiger partial charge in [-0.3, -0.25) is 4.90 Å². The molecule has 3 nitrogen and oxygen atoms in total. The lowest BCUT2D eigenvalue weighted by Gasteiger charge is -2.14. The highest BCUT2D eigenvalue weighted by Crippen LogP contribution is 2.06. The summed E-state index contributed by atoms with van der Waals surface area (Å²) in [5.74, 6) is 2.28. The summed E-state index contributed by atoms with van der Waals surface area (Å²) in [7, 11) is 0. The summed E-state index contributed by atoms with van der Waals surface area (Å²) in [6, 6.07) is 9.16. The molecule has 0 heterocycles. The second-order valence-corrected chi connectivity index (χ2v) is 2.65. The fourth-order valence-corrected chi connectivity index (χ4v) is 0.986. The van der Waals surface area contributed by atoms with E-state index < -0.39 is 6.09 Å². The molecule has 0 aliphatic heterocycles. The van der Waals surface area contributed by atoms with Gasteiger partial charge in [0.1, 0.15) is 0 Å². The van der Waals surface area contributed by atoms with Crippen molar-refractivity contribution in [2.75, 3.05) is 6.54 Å². The minimum atomic E-state index is -1.05. The number of carboxylic acid groups (broad SMARTS) is 1. The highest BCUT2D eigenvalue weighted by molar-refractivity contribution is 5.67. The summed E-state index contributed by atoms with van der Waals surface area (Å²) in [5, 5.41) is 8.76. The average molecular weight is 188 g/mol. The number of amides is 1. The highest BCUT2D eigenvalue weighted by Gasteiger charge is 2.10. The third-order valence-corrected chi connectivity index (χ3v) is 1.61. The van der Waals surface area contributed by atoms with Gasteiger partial charge in [0, 0.05) is 0 Å². The molecule has 0 aliphatic carbocycles. The standard InChI is InChI=1S/C11H10NO2/c1-2-8-12(11(13)14)9-10-6-4-3-5-7-10/h1,3-7,9H,8H2,(H,13,14). The number of rotatable bonds is 3. The van der Waals surface area contributed by atoms with Crippen LogP contribution >= 0.6 is 0 Å². The van der Waals surface area contributed by atoms with E-state index in [4.69, 9.17) is 11.5 Å². The van der Waals surface area contributed by atoms with E-state index in [0.717, 1.165) is 10.5 Å². The molecule has 1 aromatic carbocycles. The molecule has 0 unspecified atom stereocenters. The SMILES string of the molecule is C#CCN([CH]c1ccccc1)C(=O)O. The number of hydrogen-bond donors (Lipinski definition) is 1. The fraction of sp³-hybridized carbons (Fsp3) is 0.0909. The molecule has 0 aliphatic rings. The van der Waals surface area contributed by atoms with Crippen LogP contribution in [0.4, 0.5) is 4.79 Å². The van der Waals surface area contributed by atoms with Gasteiger partial charge < -0.3 is 5.11 Å². The maximum Gasteiger partial charge on any atom is 0.408 e. The molecule has 71 valence electrons. The Morgan fingerprint density at radius 3 is 2.64 bits per heavy atom. The smallest absolute Gasteiger partial charge is 0.408 e. The topological polar surface area (TPSA) is 40.5 Å². The van der Waals surface area contributed by atoms with Crippen LogP contribution in [0.25, 0.3) is 0 Å². The number of hydrogen-bond acceptors (Lipinski definition) is 1. The van der Waals surface area contributed by atoms with Crippen LogP contribution in [0.5, 0.6) is 0 Å². The van der Waals surface area contributed by atoms with Crippen molar-refractivity contribution < 1.29 is 9.90 Å². The molecule has 1 N–H and O–H groups in total. The van der Waals surface area contributed by atoms with Crippen molar-refractivity contribution >= 4 is 6.09 Å². The van der Waals surface area contributed by atoms with Crippen LogP contribution in [0.1, 0.15) is 5.56 Å². The molecular formula is C11H10NO2. The van der Waals surface area contributed by atoms with Gasteiger partial charge in [0.05, 0.1) is 13.1 Å². The minimum absolute atomic E-state index is 0.0597. The summed E-state index contributed by atoms with van der Waals surface area (Å²) in [6.45, 7) is 1.56. The summed E-state index contributed by atoms with van der Waals surface area (Å²) in [4.78, 5) is 11.8. The van der Waals surface area contributed by atoms with E-state index >= 15 is 0 Å². The summed E-state index contributed by atoms with van der Waals surface area (Å²) < 4.78 is 0. The molecule has 0 atom stereocenters. The molecule has 0 aromatic heterocycles. The zero-order valence-corrected chi connectivity index (χ0v) is 7.55. The Balaban J connectivity index is 2.66. The van der Waals surface area contributed by atoms with E-state index in [1.807, 2.05) is 30.3 Å². The van der Waals surface area contributed by atoms with Crippen molar-refractivity contribution in [3.8, 4) is 12.3 Å². The highest BCUT2D eigenvalue weighted by atomic mass is 16.4. The quantitative estimate of drug-likeness (QED) is 0.735. The van der Waals surface area contributed by atoms with Crippen molar-refractivity contribution in [2.24, 2.45) is 0 Å². The lowest BCUT2D eigenvalue weighted by Crippen LogP contribution is -2.27. The van der Waals surface area contributed by atoms with Crippen molar-refractivity contribution in [2.45, 2.75) is 0 Å². The van der Waals surface area contributed by atoms with E-state index in [9.17, 15) is 4.79 Å². The Kier molecular flexibility index (Phi) is 3.57. The fourth-order valence-electron chi connectivity index (χ4n) is 0.986. The van der Waals surface area contributed by atoms with E-state index in [0.29, 0.717) is 0 Å². The number of nitrogens with zero attached hydrogens (tertiary/aromatic N) is 1. The van der Waals surface area contributed by atoms with Gasteiger partial charge in [0.25, 0.3) is 0 Å². The molecule has 0 fully saturated rings. The lowest BCUT2D eigenvalue weighted by molar-refractivity contribution is 0.163. The molecule has 0 saturated carbocycles. The summed E-state index contributed by atoms with van der Waals surface area (Å²) >= 11 is 0. The normalized spacial score (nSPS) is 9.07. The van der Waals surface area contributed by atoms with Crippen molar-refractivity contribution in [3.05, 3.63) is 42.4 Å². The van der Waals surface area contributed by atoms with Crippen molar-refractivity contribution in [3.63, 3.8) is 0 Å². The molecule has 0 spiro atoms. The predicted octanol–water partition coefficient (Wildman–Crippen LogP) is 1.81. The van der Waals surface area contributed by atoms with Gasteiger partial charge in [-0.15, -0.1) is 6.42 Å². The van der Waals surface area contributed by atoms with Crippen LogP contribution in [0.3, 0.4) is 0 Å². The van der Waals surface area contributed by atoms with Gasteiger partial charge in [-0.1, -0.05) is 36.3 Å². The largest absolute Gasteiger partial charge is 0.465 e. The zero-order chi connectivity index (χ0) is 10.4. The van der Waals surface area contributed by atoms with E-state index in [1.54, 1.807) is 0 Å². The van der Waals surface area contributed by atoms with Gasteiger partial charge in [0.2, 0.25) is 0 Å². The molecule has 1 amide bonds. The van der Waals surface area contributed by atoms with Gasteiger partial charge >= 0.3 is 6.09 Å². The van der Waals surface area contributed by atoms with Crippen LogP contribution in [0.15, 0.2) is 30.3 Å². The maximum absolute atomic E-state index is 10.7. The Morgan fingerprint density at radius 1 is 1.50 bits per heavy atom. The Hall–Kier alpha value is -1.95. The number of benzene rings is 1. The van der Waals surface area contributed by atoms with E-state index in [-0.39, 0.29) is 6.54 Å². The Labute approximate surface area is 83.0 Å². The second kappa shape index (κ2) is 4.93. The van der Waals surface area contributed by atoms with Crippen LogP contribution < -0.4 is 0 Å². The molecule has 0 bridgehead atoms. The minimum Gasteiger partial charge on any atom is -0.465 e. The predicted molar refractivity (Wildman–Crippen MR) is 53.4 cm³/mol. The third kappa shape index (κ3) is 2.83. The molecule has 3 heteroatoms. The first-order valence-electron chi connectivity index (χ1n) is 4.07. The lowest BCUT2D eigenvalue weighted by atomic mass is 10.2. The molecule has 14 heavy (non-hydrogen) atoms. The van der Waals surface area contributed by atoms with E-state index in [1.165, 1.54) is 6.54 Å². The number of carbonyl (C=O) groups is 1. The van der Waals surface area contributed by atoms with Crippen LogP contribution in [-0.2, 0) is 0 Å². The third-order valence-electron chi connectivity index (χ3n) is 1.61. The van der Waals surface area contributed by atoms with Gasteiger partial charge in [0.15, 0.2) is 0 Å². The Morgan fingerprint density at radius 2 is 2.14 bits per heavy atom. The molecular weight excluding hydrogens is 178 g/mol. The average Bonchev–Trinajstić information content (AvgIpc) is 2.18. The first-order chi connectivity index (χ1) is 6.74. The zero-order valence-electron chi connectivity index (χ0n) is 7.55. The molecule has 1 aromatic rings. The molecule has 0 saturated heterocycles. The first-order valence-corrected chi connectivity index (χ1v) is 4.07.